The molecule has 2 amide bonds. The van der Waals surface area contributed by atoms with E-state index >= 15 is 0 Å². The van der Waals surface area contributed by atoms with E-state index in [1.807, 2.05) is 25.7 Å². The van der Waals surface area contributed by atoms with Gasteiger partial charge in [-0.2, -0.15) is 0 Å². The average Bonchev–Trinajstić information content (AvgIpc) is 2.56. The maximum atomic E-state index is 12.6. The van der Waals surface area contributed by atoms with E-state index in [0.29, 0.717) is 13.1 Å². The third kappa shape index (κ3) is 4.53. The van der Waals surface area contributed by atoms with Crippen LogP contribution in [0, 0.1) is 19.3 Å². The van der Waals surface area contributed by atoms with Gasteiger partial charge in [0.15, 0.2) is 0 Å². The predicted molar refractivity (Wildman–Crippen MR) is 102 cm³/mol. The van der Waals surface area contributed by atoms with Gasteiger partial charge in [-0.3, -0.25) is 9.59 Å². The number of rotatable bonds is 3. The highest BCUT2D eigenvalue weighted by molar-refractivity contribution is 5.89. The lowest BCUT2D eigenvalue weighted by molar-refractivity contribution is -0.138. The molecule has 1 aromatic carbocycles. The van der Waals surface area contributed by atoms with Gasteiger partial charge >= 0.3 is 0 Å². The van der Waals surface area contributed by atoms with Gasteiger partial charge < -0.3 is 15.1 Å². The van der Waals surface area contributed by atoms with Gasteiger partial charge in [-0.25, -0.2) is 0 Å². The molecule has 0 bridgehead atoms. The molecular weight excluding hydrogens is 314 g/mol. The first-order chi connectivity index (χ1) is 11.6. The molecule has 0 spiro atoms. The van der Waals surface area contributed by atoms with Crippen molar-refractivity contribution >= 4 is 17.5 Å². The van der Waals surface area contributed by atoms with Crippen LogP contribution in [0.4, 0.5) is 5.69 Å². The highest BCUT2D eigenvalue weighted by Crippen LogP contribution is 2.24. The highest BCUT2D eigenvalue weighted by Gasteiger charge is 2.29. The topological polar surface area (TPSA) is 52.6 Å². The summed E-state index contributed by atoms with van der Waals surface area (Å²) in [5.41, 5.74) is 3.35. The quantitative estimate of drug-likeness (QED) is 0.916. The smallest absolute Gasteiger partial charge is 0.244 e. The number of nitrogens with zero attached hydrogens (tertiary/aromatic N) is 2. The summed E-state index contributed by atoms with van der Waals surface area (Å²) in [7, 11) is 0. The zero-order valence-corrected chi connectivity index (χ0v) is 16.3. The number of hydrogen-bond donors (Lipinski definition) is 1. The van der Waals surface area contributed by atoms with E-state index in [-0.39, 0.29) is 11.8 Å². The Labute approximate surface area is 151 Å². The van der Waals surface area contributed by atoms with E-state index in [9.17, 15) is 9.59 Å². The molecule has 1 N–H and O–H groups in total. The number of amides is 2. The standard InChI is InChI=1S/C20H31N3O2/c1-14-8-7-9-17(15(14)2)22-10-12-23(13-11-22)18(24)16(3)21-19(25)20(4,5)6/h7-9,16H,10-13H2,1-6H3,(H,21,25). The summed E-state index contributed by atoms with van der Waals surface area (Å²) in [5, 5.41) is 2.83. The molecule has 0 aromatic heterocycles. The molecule has 25 heavy (non-hydrogen) atoms. The van der Waals surface area contributed by atoms with Crippen molar-refractivity contribution in [1.82, 2.24) is 10.2 Å². The van der Waals surface area contributed by atoms with Gasteiger partial charge in [-0.15, -0.1) is 0 Å². The van der Waals surface area contributed by atoms with Gasteiger partial charge in [0.1, 0.15) is 6.04 Å². The van der Waals surface area contributed by atoms with E-state index in [4.69, 9.17) is 0 Å². The molecule has 0 saturated carbocycles. The Bertz CT molecular complexity index is 641. The zero-order valence-electron chi connectivity index (χ0n) is 16.3. The number of carbonyl (C=O) groups excluding carboxylic acids is 2. The lowest BCUT2D eigenvalue weighted by atomic mass is 9.95. The van der Waals surface area contributed by atoms with Crippen LogP contribution in [-0.4, -0.2) is 48.9 Å². The van der Waals surface area contributed by atoms with Crippen LogP contribution in [0.5, 0.6) is 0 Å². The normalized spacial score (nSPS) is 16.6. The molecule has 1 aliphatic heterocycles. The number of hydrogen-bond acceptors (Lipinski definition) is 3. The van der Waals surface area contributed by atoms with Crippen molar-refractivity contribution in [2.45, 2.75) is 47.6 Å². The van der Waals surface area contributed by atoms with Gasteiger partial charge in [0.05, 0.1) is 0 Å². The maximum Gasteiger partial charge on any atom is 0.244 e. The lowest BCUT2D eigenvalue weighted by Gasteiger charge is -2.38. The SMILES string of the molecule is Cc1cccc(N2CCN(C(=O)C(C)NC(=O)C(C)(C)C)CC2)c1C. The fourth-order valence-corrected chi connectivity index (χ4v) is 2.99. The van der Waals surface area contributed by atoms with Crippen LogP contribution < -0.4 is 10.2 Å². The zero-order chi connectivity index (χ0) is 18.8. The lowest BCUT2D eigenvalue weighted by Crippen LogP contribution is -2.55. The number of anilines is 1. The van der Waals surface area contributed by atoms with Crippen LogP contribution in [-0.2, 0) is 9.59 Å². The summed E-state index contributed by atoms with van der Waals surface area (Å²) in [4.78, 5) is 28.9. The minimum atomic E-state index is -0.490. The first kappa shape index (κ1) is 19.3. The summed E-state index contributed by atoms with van der Waals surface area (Å²) in [6.45, 7) is 14.6. The molecule has 1 atom stereocenters. The molecule has 1 unspecified atom stereocenters. The summed E-state index contributed by atoms with van der Waals surface area (Å²) < 4.78 is 0. The molecule has 1 heterocycles. The summed E-state index contributed by atoms with van der Waals surface area (Å²) >= 11 is 0. The minimum Gasteiger partial charge on any atom is -0.368 e. The van der Waals surface area contributed by atoms with Crippen LogP contribution >= 0.6 is 0 Å². The van der Waals surface area contributed by atoms with Crippen LogP contribution in [0.2, 0.25) is 0 Å². The summed E-state index contributed by atoms with van der Waals surface area (Å²) in [5.74, 6) is -0.0967. The van der Waals surface area contributed by atoms with Gasteiger partial charge in [0, 0.05) is 37.3 Å². The molecule has 5 nitrogen and oxygen atoms in total. The van der Waals surface area contributed by atoms with Gasteiger partial charge in [0.2, 0.25) is 11.8 Å². The summed E-state index contributed by atoms with van der Waals surface area (Å²) in [6.07, 6.45) is 0. The Balaban J connectivity index is 1.94. The van der Waals surface area contributed by atoms with E-state index < -0.39 is 11.5 Å². The monoisotopic (exact) mass is 345 g/mol. The largest absolute Gasteiger partial charge is 0.368 e. The minimum absolute atomic E-state index is 0.00165. The molecule has 5 heteroatoms. The van der Waals surface area contributed by atoms with Crippen molar-refractivity contribution in [3.8, 4) is 0 Å². The third-order valence-electron chi connectivity index (χ3n) is 4.91. The fourth-order valence-electron chi connectivity index (χ4n) is 2.99. The first-order valence-electron chi connectivity index (χ1n) is 9.02. The van der Waals surface area contributed by atoms with Gasteiger partial charge in [-0.1, -0.05) is 32.9 Å². The van der Waals surface area contributed by atoms with E-state index in [0.717, 1.165) is 13.1 Å². The van der Waals surface area contributed by atoms with Crippen LogP contribution in [0.3, 0.4) is 0 Å². The number of carbonyl (C=O) groups is 2. The van der Waals surface area contributed by atoms with Crippen molar-refractivity contribution in [3.05, 3.63) is 29.3 Å². The molecule has 1 fully saturated rings. The Morgan fingerprint density at radius 1 is 1.08 bits per heavy atom. The molecule has 1 aliphatic rings. The van der Waals surface area contributed by atoms with Crippen LogP contribution in [0.15, 0.2) is 18.2 Å². The van der Waals surface area contributed by atoms with Crippen LogP contribution in [0.1, 0.15) is 38.8 Å². The number of benzene rings is 1. The molecular formula is C20H31N3O2. The van der Waals surface area contributed by atoms with Crippen molar-refractivity contribution in [1.29, 1.82) is 0 Å². The molecule has 1 saturated heterocycles. The van der Waals surface area contributed by atoms with Crippen molar-refractivity contribution in [2.75, 3.05) is 31.1 Å². The summed E-state index contributed by atoms with van der Waals surface area (Å²) in [6, 6.07) is 5.86. The molecule has 0 aliphatic carbocycles. The second kappa shape index (κ2) is 7.46. The second-order valence-corrected chi connectivity index (χ2v) is 7.98. The van der Waals surface area contributed by atoms with Gasteiger partial charge in [-0.05, 0) is 38.0 Å². The Kier molecular flexibility index (Phi) is 5.76. The first-order valence-corrected chi connectivity index (χ1v) is 9.02. The van der Waals surface area contributed by atoms with Gasteiger partial charge in [0.25, 0.3) is 0 Å². The Morgan fingerprint density at radius 2 is 1.68 bits per heavy atom. The number of aryl methyl sites for hydroxylation is 1. The predicted octanol–water partition coefficient (Wildman–Crippen LogP) is 2.50. The van der Waals surface area contributed by atoms with E-state index in [1.54, 1.807) is 6.92 Å². The van der Waals surface area contributed by atoms with Crippen LogP contribution in [0.25, 0.3) is 0 Å². The van der Waals surface area contributed by atoms with Crippen molar-refractivity contribution in [2.24, 2.45) is 5.41 Å². The van der Waals surface area contributed by atoms with Crippen molar-refractivity contribution in [3.63, 3.8) is 0 Å². The second-order valence-electron chi connectivity index (χ2n) is 7.98. The molecule has 0 radical (unpaired) electrons. The maximum absolute atomic E-state index is 12.6. The molecule has 1 aromatic rings. The van der Waals surface area contributed by atoms with E-state index in [1.165, 1.54) is 16.8 Å². The Hall–Kier alpha value is -2.04. The highest BCUT2D eigenvalue weighted by atomic mass is 16.2. The Morgan fingerprint density at radius 3 is 2.24 bits per heavy atom. The number of piperazine rings is 1. The third-order valence-corrected chi connectivity index (χ3v) is 4.91. The van der Waals surface area contributed by atoms with Crippen molar-refractivity contribution < 1.29 is 9.59 Å². The molecule has 2 rings (SSSR count). The average molecular weight is 345 g/mol. The number of nitrogens with one attached hydrogen (secondary N) is 1. The molecule has 138 valence electrons. The van der Waals surface area contributed by atoms with E-state index in [2.05, 4.69) is 42.3 Å². The fraction of sp³-hybridized carbons (Fsp3) is 0.600.